The molecule has 1 atom stereocenters. The molecule has 0 spiro atoms. The summed E-state index contributed by atoms with van der Waals surface area (Å²) in [6, 6.07) is 2.33. The third kappa shape index (κ3) is 4.09. The van der Waals surface area contributed by atoms with E-state index in [2.05, 4.69) is 20.5 Å². The summed E-state index contributed by atoms with van der Waals surface area (Å²) in [5.74, 6) is 0.556. The summed E-state index contributed by atoms with van der Waals surface area (Å²) in [6.45, 7) is 5.73. The summed E-state index contributed by atoms with van der Waals surface area (Å²) in [6.07, 6.45) is 4.01. The number of carbonyl (C=O) groups is 2. The highest BCUT2D eigenvalue weighted by atomic mass is 16.2. The first-order valence-corrected chi connectivity index (χ1v) is 7.55. The van der Waals surface area contributed by atoms with Crippen molar-refractivity contribution in [2.75, 3.05) is 23.3 Å². The third-order valence-electron chi connectivity index (χ3n) is 3.69. The summed E-state index contributed by atoms with van der Waals surface area (Å²) in [7, 11) is 0. The Labute approximate surface area is 130 Å². The number of anilines is 2. The molecule has 2 rings (SSSR count). The Bertz CT molecular complexity index is 523. The van der Waals surface area contributed by atoms with Crippen molar-refractivity contribution in [3.63, 3.8) is 0 Å². The molecule has 3 amide bonds. The summed E-state index contributed by atoms with van der Waals surface area (Å²) < 4.78 is 0. The van der Waals surface area contributed by atoms with Crippen LogP contribution in [0.15, 0.2) is 18.3 Å². The molecule has 1 aliphatic heterocycles. The van der Waals surface area contributed by atoms with E-state index < -0.39 is 12.1 Å². The van der Waals surface area contributed by atoms with E-state index in [9.17, 15) is 9.59 Å². The fourth-order valence-corrected chi connectivity index (χ4v) is 2.50. The summed E-state index contributed by atoms with van der Waals surface area (Å²) in [5, 5.41) is 5.21. The molecule has 0 aliphatic carbocycles. The minimum atomic E-state index is -0.712. The zero-order valence-electron chi connectivity index (χ0n) is 13.0. The smallest absolute Gasteiger partial charge is 0.312 e. The van der Waals surface area contributed by atoms with Crippen LogP contribution in [0.1, 0.15) is 26.7 Å². The number of nitrogens with two attached hydrogens (primary N) is 1. The number of carbonyl (C=O) groups excluding carboxylic acids is 2. The Hall–Kier alpha value is -2.31. The second-order valence-electron chi connectivity index (χ2n) is 5.82. The molecule has 7 heteroatoms. The van der Waals surface area contributed by atoms with Crippen LogP contribution in [0.2, 0.25) is 0 Å². The van der Waals surface area contributed by atoms with Gasteiger partial charge in [0.1, 0.15) is 11.9 Å². The Kier molecular flexibility index (Phi) is 5.19. The van der Waals surface area contributed by atoms with Gasteiger partial charge in [0.15, 0.2) is 0 Å². The lowest BCUT2D eigenvalue weighted by Gasteiger charge is -2.21. The number of aromatic nitrogens is 1. The van der Waals surface area contributed by atoms with E-state index >= 15 is 0 Å². The zero-order chi connectivity index (χ0) is 16.1. The minimum absolute atomic E-state index is 0.0654. The van der Waals surface area contributed by atoms with E-state index in [1.54, 1.807) is 6.20 Å². The molecule has 1 saturated heterocycles. The zero-order valence-corrected chi connectivity index (χ0v) is 13.0. The van der Waals surface area contributed by atoms with Gasteiger partial charge in [0.25, 0.3) is 0 Å². The normalized spacial score (nSPS) is 15.7. The number of urea groups is 1. The van der Waals surface area contributed by atoms with Crippen LogP contribution in [-0.4, -0.2) is 36.1 Å². The first-order chi connectivity index (χ1) is 10.5. The topological polar surface area (TPSA) is 100 Å². The molecule has 0 saturated carbocycles. The van der Waals surface area contributed by atoms with Crippen LogP contribution in [0, 0.1) is 5.92 Å². The lowest BCUT2D eigenvalue weighted by molar-refractivity contribution is -0.118. The second kappa shape index (κ2) is 7.11. The number of pyridine rings is 1. The van der Waals surface area contributed by atoms with Crippen LogP contribution in [0.3, 0.4) is 0 Å². The second-order valence-corrected chi connectivity index (χ2v) is 5.82. The predicted octanol–water partition coefficient (Wildman–Crippen LogP) is 1.31. The highest BCUT2D eigenvalue weighted by molar-refractivity contribution is 5.97. The van der Waals surface area contributed by atoms with Crippen LogP contribution in [0.4, 0.5) is 16.3 Å². The van der Waals surface area contributed by atoms with Gasteiger partial charge in [-0.05, 0) is 30.9 Å². The fraction of sp³-hybridized carbons (Fsp3) is 0.533. The Morgan fingerprint density at radius 3 is 2.45 bits per heavy atom. The van der Waals surface area contributed by atoms with Gasteiger partial charge < -0.3 is 21.3 Å². The van der Waals surface area contributed by atoms with Crippen molar-refractivity contribution < 1.29 is 9.59 Å². The van der Waals surface area contributed by atoms with Gasteiger partial charge in [-0.1, -0.05) is 13.8 Å². The van der Waals surface area contributed by atoms with E-state index in [4.69, 9.17) is 5.73 Å². The van der Waals surface area contributed by atoms with E-state index in [-0.39, 0.29) is 11.8 Å². The number of rotatable bonds is 5. The SMILES string of the molecule is CC(C)[C@@H](NC(N)=O)C(=O)Nc1ccc(N2CCCC2)nc1. The maximum absolute atomic E-state index is 12.2. The van der Waals surface area contributed by atoms with Gasteiger partial charge >= 0.3 is 6.03 Å². The molecule has 0 radical (unpaired) electrons. The van der Waals surface area contributed by atoms with Crippen molar-refractivity contribution in [3.05, 3.63) is 18.3 Å². The van der Waals surface area contributed by atoms with E-state index in [1.807, 2.05) is 26.0 Å². The number of hydrogen-bond acceptors (Lipinski definition) is 4. The molecule has 0 unspecified atom stereocenters. The van der Waals surface area contributed by atoms with Gasteiger partial charge in [0.2, 0.25) is 5.91 Å². The molecule has 1 aromatic heterocycles. The summed E-state index contributed by atoms with van der Waals surface area (Å²) in [4.78, 5) is 29.8. The molecular weight excluding hydrogens is 282 g/mol. The van der Waals surface area contributed by atoms with Crippen molar-refractivity contribution >= 4 is 23.4 Å². The van der Waals surface area contributed by atoms with Gasteiger partial charge in [0, 0.05) is 13.1 Å². The molecule has 1 aliphatic rings. The maximum Gasteiger partial charge on any atom is 0.312 e. The van der Waals surface area contributed by atoms with E-state index in [0.717, 1.165) is 18.9 Å². The van der Waals surface area contributed by atoms with Crippen LogP contribution in [0.5, 0.6) is 0 Å². The molecule has 22 heavy (non-hydrogen) atoms. The van der Waals surface area contributed by atoms with Crippen molar-refractivity contribution in [1.82, 2.24) is 10.3 Å². The molecular formula is C15H23N5O2. The van der Waals surface area contributed by atoms with E-state index in [1.165, 1.54) is 12.8 Å². The Balaban J connectivity index is 1.99. The van der Waals surface area contributed by atoms with Gasteiger partial charge in [-0.15, -0.1) is 0 Å². The lowest BCUT2D eigenvalue weighted by atomic mass is 10.0. The number of primary amides is 1. The van der Waals surface area contributed by atoms with Crippen molar-refractivity contribution in [1.29, 1.82) is 0 Å². The van der Waals surface area contributed by atoms with E-state index in [0.29, 0.717) is 5.69 Å². The van der Waals surface area contributed by atoms with Crippen LogP contribution >= 0.6 is 0 Å². The number of amides is 3. The molecule has 4 N–H and O–H groups in total. The average molecular weight is 305 g/mol. The predicted molar refractivity (Wildman–Crippen MR) is 85.7 cm³/mol. The monoisotopic (exact) mass is 305 g/mol. The molecule has 120 valence electrons. The van der Waals surface area contributed by atoms with Crippen LogP contribution in [-0.2, 0) is 4.79 Å². The lowest BCUT2D eigenvalue weighted by Crippen LogP contribution is -2.49. The van der Waals surface area contributed by atoms with Gasteiger partial charge in [-0.2, -0.15) is 0 Å². The van der Waals surface area contributed by atoms with Gasteiger partial charge in [0.05, 0.1) is 11.9 Å². The largest absolute Gasteiger partial charge is 0.357 e. The minimum Gasteiger partial charge on any atom is -0.357 e. The first kappa shape index (κ1) is 16.1. The van der Waals surface area contributed by atoms with Crippen molar-refractivity contribution in [2.24, 2.45) is 11.7 Å². The molecule has 1 aromatic rings. The average Bonchev–Trinajstić information content (AvgIpc) is 2.99. The molecule has 0 aromatic carbocycles. The molecule has 7 nitrogen and oxygen atoms in total. The number of nitrogens with zero attached hydrogens (tertiary/aromatic N) is 2. The first-order valence-electron chi connectivity index (χ1n) is 7.55. The quantitative estimate of drug-likeness (QED) is 0.763. The number of hydrogen-bond donors (Lipinski definition) is 3. The fourth-order valence-electron chi connectivity index (χ4n) is 2.50. The maximum atomic E-state index is 12.2. The molecule has 1 fully saturated rings. The van der Waals surface area contributed by atoms with Crippen molar-refractivity contribution in [2.45, 2.75) is 32.7 Å². The summed E-state index contributed by atoms with van der Waals surface area (Å²) in [5.41, 5.74) is 5.71. The number of nitrogens with one attached hydrogen (secondary N) is 2. The van der Waals surface area contributed by atoms with Crippen LogP contribution in [0.25, 0.3) is 0 Å². The Morgan fingerprint density at radius 2 is 1.95 bits per heavy atom. The van der Waals surface area contributed by atoms with Gasteiger partial charge in [-0.3, -0.25) is 4.79 Å². The standard InChI is InChI=1S/C15H23N5O2/c1-10(2)13(19-15(16)22)14(21)18-11-5-6-12(17-9-11)20-7-3-4-8-20/h5-6,9-10,13H,3-4,7-8H2,1-2H3,(H,18,21)(H3,16,19,22)/t13-/m1/s1. The highest BCUT2D eigenvalue weighted by Gasteiger charge is 2.23. The summed E-state index contributed by atoms with van der Waals surface area (Å²) >= 11 is 0. The van der Waals surface area contributed by atoms with Crippen molar-refractivity contribution in [3.8, 4) is 0 Å². The van der Waals surface area contributed by atoms with Gasteiger partial charge in [-0.25, -0.2) is 9.78 Å². The Morgan fingerprint density at radius 1 is 1.27 bits per heavy atom. The third-order valence-corrected chi connectivity index (χ3v) is 3.69. The highest BCUT2D eigenvalue weighted by Crippen LogP contribution is 2.19. The molecule has 0 bridgehead atoms. The van der Waals surface area contributed by atoms with Crippen LogP contribution < -0.4 is 21.3 Å². The molecule has 2 heterocycles.